The van der Waals surface area contributed by atoms with Gasteiger partial charge in [-0.05, 0) is 30.5 Å². The van der Waals surface area contributed by atoms with Gasteiger partial charge >= 0.3 is 5.97 Å². The van der Waals surface area contributed by atoms with Crippen molar-refractivity contribution < 1.29 is 14.3 Å². The van der Waals surface area contributed by atoms with Crippen LogP contribution in [0.1, 0.15) is 17.4 Å². The number of rotatable bonds is 5. The number of fused-ring (bicyclic) bond motifs is 1. The number of carbonyl (C=O) groups excluding carboxylic acids is 2. The van der Waals surface area contributed by atoms with E-state index in [0.29, 0.717) is 6.54 Å². The summed E-state index contributed by atoms with van der Waals surface area (Å²) in [5, 5.41) is 2.04. The highest BCUT2D eigenvalue weighted by molar-refractivity contribution is 6.04. The zero-order valence-electron chi connectivity index (χ0n) is 13.9. The van der Waals surface area contributed by atoms with Gasteiger partial charge in [0, 0.05) is 18.1 Å². The third-order valence-electron chi connectivity index (χ3n) is 3.88. The van der Waals surface area contributed by atoms with Gasteiger partial charge in [-0.3, -0.25) is 4.79 Å². The van der Waals surface area contributed by atoms with E-state index in [4.69, 9.17) is 4.74 Å². The molecule has 0 saturated carbocycles. The number of hydrogen-bond acceptors (Lipinski definition) is 4. The Morgan fingerprint density at radius 3 is 2.52 bits per heavy atom. The van der Waals surface area contributed by atoms with Crippen LogP contribution in [0, 0.1) is 0 Å². The van der Waals surface area contributed by atoms with Gasteiger partial charge in [-0.25, -0.2) is 9.78 Å². The number of carbonyl (C=O) groups is 2. The number of aromatic nitrogens is 1. The van der Waals surface area contributed by atoms with Gasteiger partial charge in [-0.15, -0.1) is 0 Å². The maximum atomic E-state index is 12.6. The molecule has 0 unspecified atom stereocenters. The number of anilines is 1. The molecule has 126 valence electrons. The van der Waals surface area contributed by atoms with Gasteiger partial charge in [0.25, 0.3) is 5.91 Å². The predicted molar refractivity (Wildman–Crippen MR) is 96.5 cm³/mol. The average Bonchev–Trinajstić information content (AvgIpc) is 2.67. The molecule has 0 aliphatic heterocycles. The van der Waals surface area contributed by atoms with Crippen molar-refractivity contribution in [3.8, 4) is 0 Å². The average molecular weight is 334 g/mol. The van der Waals surface area contributed by atoms with Gasteiger partial charge in [0.2, 0.25) is 0 Å². The number of amides is 1. The molecule has 0 radical (unpaired) electrons. The molecule has 0 N–H and O–H groups in total. The number of hydrogen-bond donors (Lipinski definition) is 0. The fourth-order valence-electron chi connectivity index (χ4n) is 2.69. The Balaban J connectivity index is 1.76. The molecule has 5 nitrogen and oxygen atoms in total. The van der Waals surface area contributed by atoms with Gasteiger partial charge in [-0.2, -0.15) is 0 Å². The lowest BCUT2D eigenvalue weighted by atomic mass is 10.1. The SMILES string of the molecule is CCN(C(=O)COC(=O)c1ccccn1)c1cccc2ccccc12. The van der Waals surface area contributed by atoms with Gasteiger partial charge < -0.3 is 9.64 Å². The van der Waals surface area contributed by atoms with Gasteiger partial charge in [0.05, 0.1) is 5.69 Å². The fourth-order valence-corrected chi connectivity index (χ4v) is 2.69. The third kappa shape index (κ3) is 3.66. The zero-order chi connectivity index (χ0) is 17.6. The lowest BCUT2D eigenvalue weighted by Gasteiger charge is -2.22. The molecular weight excluding hydrogens is 316 g/mol. The summed E-state index contributed by atoms with van der Waals surface area (Å²) in [4.78, 5) is 30.1. The molecule has 0 aliphatic carbocycles. The van der Waals surface area contributed by atoms with Crippen LogP contribution < -0.4 is 4.90 Å². The first-order valence-electron chi connectivity index (χ1n) is 8.07. The lowest BCUT2D eigenvalue weighted by molar-refractivity contribution is -0.121. The van der Waals surface area contributed by atoms with Crippen LogP contribution in [0.4, 0.5) is 5.69 Å². The molecule has 5 heteroatoms. The Morgan fingerprint density at radius 2 is 1.76 bits per heavy atom. The number of benzene rings is 2. The normalized spacial score (nSPS) is 10.4. The second kappa shape index (κ2) is 7.57. The predicted octanol–water partition coefficient (Wildman–Crippen LogP) is 3.44. The van der Waals surface area contributed by atoms with Crippen LogP contribution in [-0.2, 0) is 9.53 Å². The molecule has 0 aliphatic rings. The van der Waals surface area contributed by atoms with Crippen LogP contribution in [-0.4, -0.2) is 30.0 Å². The summed E-state index contributed by atoms with van der Waals surface area (Å²) in [6.45, 7) is 2.04. The Hall–Kier alpha value is -3.21. The largest absolute Gasteiger partial charge is 0.451 e. The highest BCUT2D eigenvalue weighted by atomic mass is 16.5. The van der Waals surface area contributed by atoms with Crippen molar-refractivity contribution in [2.45, 2.75) is 6.92 Å². The van der Waals surface area contributed by atoms with E-state index in [0.717, 1.165) is 16.5 Å². The van der Waals surface area contributed by atoms with E-state index >= 15 is 0 Å². The zero-order valence-corrected chi connectivity index (χ0v) is 13.9. The third-order valence-corrected chi connectivity index (χ3v) is 3.88. The molecule has 0 spiro atoms. The van der Waals surface area contributed by atoms with Crippen molar-refractivity contribution in [3.63, 3.8) is 0 Å². The minimum Gasteiger partial charge on any atom is -0.451 e. The number of esters is 1. The molecule has 0 fully saturated rings. The van der Waals surface area contributed by atoms with Gasteiger partial charge in [0.1, 0.15) is 5.69 Å². The summed E-state index contributed by atoms with van der Waals surface area (Å²) in [7, 11) is 0. The van der Waals surface area contributed by atoms with Crippen molar-refractivity contribution in [2.75, 3.05) is 18.1 Å². The van der Waals surface area contributed by atoms with Crippen molar-refractivity contribution in [1.82, 2.24) is 4.98 Å². The second-order valence-electron chi connectivity index (χ2n) is 5.43. The Morgan fingerprint density at radius 1 is 1.00 bits per heavy atom. The van der Waals surface area contributed by atoms with E-state index in [2.05, 4.69) is 4.98 Å². The summed E-state index contributed by atoms with van der Waals surface area (Å²) in [6, 6.07) is 18.6. The first-order valence-corrected chi connectivity index (χ1v) is 8.07. The van der Waals surface area contributed by atoms with E-state index in [-0.39, 0.29) is 18.2 Å². The van der Waals surface area contributed by atoms with E-state index in [1.165, 1.54) is 6.20 Å². The summed E-state index contributed by atoms with van der Waals surface area (Å²) in [5.41, 5.74) is 0.989. The molecule has 0 bridgehead atoms. The summed E-state index contributed by atoms with van der Waals surface area (Å²) >= 11 is 0. The summed E-state index contributed by atoms with van der Waals surface area (Å²) in [5.74, 6) is -0.883. The second-order valence-corrected chi connectivity index (χ2v) is 5.43. The van der Waals surface area contributed by atoms with Crippen molar-refractivity contribution >= 4 is 28.3 Å². The Labute approximate surface area is 145 Å². The molecular formula is C20H18N2O3. The Bertz CT molecular complexity index is 888. The van der Waals surface area contributed by atoms with Crippen LogP contribution in [0.2, 0.25) is 0 Å². The molecule has 25 heavy (non-hydrogen) atoms. The number of nitrogens with zero attached hydrogens (tertiary/aromatic N) is 2. The highest BCUT2D eigenvalue weighted by Gasteiger charge is 2.18. The summed E-state index contributed by atoms with van der Waals surface area (Å²) < 4.78 is 5.11. The first-order chi connectivity index (χ1) is 12.2. The maximum Gasteiger partial charge on any atom is 0.357 e. The number of ether oxygens (including phenoxy) is 1. The first kappa shape index (κ1) is 16.6. The molecule has 3 aromatic rings. The van der Waals surface area contributed by atoms with Crippen molar-refractivity contribution in [2.24, 2.45) is 0 Å². The minimum absolute atomic E-state index is 0.184. The van der Waals surface area contributed by atoms with Crippen LogP contribution in [0.25, 0.3) is 10.8 Å². The van der Waals surface area contributed by atoms with Crippen LogP contribution in [0.3, 0.4) is 0 Å². The molecule has 3 rings (SSSR count). The Kier molecular flexibility index (Phi) is 5.04. The molecule has 2 aromatic carbocycles. The van der Waals surface area contributed by atoms with Crippen LogP contribution in [0.5, 0.6) is 0 Å². The van der Waals surface area contributed by atoms with Crippen LogP contribution in [0.15, 0.2) is 66.9 Å². The summed E-state index contributed by atoms with van der Waals surface area (Å²) in [6.07, 6.45) is 1.51. The smallest absolute Gasteiger partial charge is 0.357 e. The fraction of sp³-hybridized carbons (Fsp3) is 0.150. The standard InChI is InChI=1S/C20H18N2O3/c1-2-22(18-12-7-9-15-8-3-4-10-16(15)18)19(23)14-25-20(24)17-11-5-6-13-21-17/h3-13H,2,14H2,1H3. The van der Waals surface area contributed by atoms with E-state index in [9.17, 15) is 9.59 Å². The lowest BCUT2D eigenvalue weighted by Crippen LogP contribution is -2.34. The molecule has 1 aromatic heterocycles. The minimum atomic E-state index is -0.608. The topological polar surface area (TPSA) is 59.5 Å². The van der Waals surface area contributed by atoms with Gasteiger partial charge in [-0.1, -0.05) is 42.5 Å². The number of pyridine rings is 1. The molecule has 1 amide bonds. The maximum absolute atomic E-state index is 12.6. The highest BCUT2D eigenvalue weighted by Crippen LogP contribution is 2.26. The quantitative estimate of drug-likeness (QED) is 0.671. The van der Waals surface area contributed by atoms with E-state index in [1.807, 2.05) is 49.4 Å². The van der Waals surface area contributed by atoms with Crippen molar-refractivity contribution in [1.29, 1.82) is 0 Å². The monoisotopic (exact) mass is 334 g/mol. The van der Waals surface area contributed by atoms with Crippen LogP contribution >= 0.6 is 0 Å². The van der Waals surface area contributed by atoms with Crippen molar-refractivity contribution in [3.05, 3.63) is 72.6 Å². The molecule has 0 atom stereocenters. The van der Waals surface area contributed by atoms with Gasteiger partial charge in [0.15, 0.2) is 6.61 Å². The molecule has 1 heterocycles. The van der Waals surface area contributed by atoms with E-state index in [1.54, 1.807) is 23.1 Å². The number of likely N-dealkylation sites (N-methyl/N-ethyl adjacent to an activating group) is 1. The molecule has 0 saturated heterocycles. The van der Waals surface area contributed by atoms with E-state index < -0.39 is 5.97 Å².